The van der Waals surface area contributed by atoms with Gasteiger partial charge in [-0.25, -0.2) is 9.97 Å². The van der Waals surface area contributed by atoms with Crippen LogP contribution in [0.3, 0.4) is 0 Å². The van der Waals surface area contributed by atoms with Crippen LogP contribution in [0.5, 0.6) is 5.75 Å². The second-order valence-electron chi connectivity index (χ2n) is 8.07. The first kappa shape index (κ1) is 21.4. The highest BCUT2D eigenvalue weighted by atomic mass is 16.5. The summed E-state index contributed by atoms with van der Waals surface area (Å²) >= 11 is 0. The quantitative estimate of drug-likeness (QED) is 0.385. The second kappa shape index (κ2) is 9.58. The number of amides is 1. The molecule has 8 heteroatoms. The van der Waals surface area contributed by atoms with Gasteiger partial charge in [0.2, 0.25) is 0 Å². The normalized spacial score (nSPS) is 11.9. The first-order chi connectivity index (χ1) is 16.6. The Kier molecular flexibility index (Phi) is 6.03. The van der Waals surface area contributed by atoms with Crippen LogP contribution in [0, 0.1) is 6.92 Å². The lowest BCUT2D eigenvalue weighted by Gasteiger charge is -2.19. The number of nitrogens with one attached hydrogen (secondary N) is 1. The number of fused-ring (bicyclic) bond motifs is 1. The van der Waals surface area contributed by atoms with E-state index < -0.39 is 0 Å². The number of aromatic nitrogens is 5. The third-order valence-electron chi connectivity index (χ3n) is 5.50. The monoisotopic (exact) mass is 452 g/mol. The number of nitrogens with zero attached hydrogens (tertiary/aromatic N) is 5. The molecule has 8 nitrogen and oxygen atoms in total. The Bertz CT molecular complexity index is 1380. The van der Waals surface area contributed by atoms with Crippen LogP contribution in [0.2, 0.25) is 0 Å². The number of ether oxygens (including phenoxy) is 1. The number of benzene rings is 2. The van der Waals surface area contributed by atoms with E-state index in [-0.39, 0.29) is 11.9 Å². The predicted octanol–water partition coefficient (Wildman–Crippen LogP) is 3.98. The van der Waals surface area contributed by atoms with Crippen molar-refractivity contribution >= 4 is 11.6 Å². The molecule has 1 atom stereocenters. The van der Waals surface area contributed by atoms with E-state index in [2.05, 4.69) is 20.4 Å². The van der Waals surface area contributed by atoms with Gasteiger partial charge in [-0.05, 0) is 48.4 Å². The molecule has 0 aliphatic carbocycles. The van der Waals surface area contributed by atoms with Gasteiger partial charge in [-0.1, -0.05) is 36.4 Å². The number of aryl methyl sites for hydroxylation is 1. The molecule has 34 heavy (non-hydrogen) atoms. The molecule has 0 saturated carbocycles. The van der Waals surface area contributed by atoms with Gasteiger partial charge in [-0.2, -0.15) is 5.10 Å². The van der Waals surface area contributed by atoms with Crippen molar-refractivity contribution in [2.75, 3.05) is 0 Å². The average Bonchev–Trinajstić information content (AvgIpc) is 3.52. The Morgan fingerprint density at radius 1 is 1.03 bits per heavy atom. The summed E-state index contributed by atoms with van der Waals surface area (Å²) in [5.74, 6) is 0.503. The molecule has 0 saturated heterocycles. The summed E-state index contributed by atoms with van der Waals surface area (Å²) in [6.07, 6.45) is 7.11. The fourth-order valence-corrected chi connectivity index (χ4v) is 3.76. The largest absolute Gasteiger partial charge is 0.487 e. The average molecular weight is 453 g/mol. The van der Waals surface area contributed by atoms with Crippen molar-refractivity contribution in [1.82, 2.24) is 29.5 Å². The third kappa shape index (κ3) is 4.96. The van der Waals surface area contributed by atoms with Crippen LogP contribution < -0.4 is 10.1 Å². The number of rotatable bonds is 8. The zero-order valence-electron chi connectivity index (χ0n) is 18.7. The maximum Gasteiger partial charge on any atom is 0.251 e. The van der Waals surface area contributed by atoms with E-state index in [1.807, 2.05) is 66.2 Å². The van der Waals surface area contributed by atoms with Crippen molar-refractivity contribution in [3.63, 3.8) is 0 Å². The maximum atomic E-state index is 13.0. The first-order valence-corrected chi connectivity index (χ1v) is 11.0. The lowest BCUT2D eigenvalue weighted by Crippen LogP contribution is -2.31. The maximum absolute atomic E-state index is 13.0. The summed E-state index contributed by atoms with van der Waals surface area (Å²) in [6.45, 7) is 2.87. The van der Waals surface area contributed by atoms with Crippen molar-refractivity contribution in [2.24, 2.45) is 0 Å². The van der Waals surface area contributed by atoms with Crippen LogP contribution >= 0.6 is 0 Å². The van der Waals surface area contributed by atoms with Crippen molar-refractivity contribution in [2.45, 2.75) is 26.1 Å². The van der Waals surface area contributed by atoms with Crippen molar-refractivity contribution in [3.05, 3.63) is 114 Å². The zero-order chi connectivity index (χ0) is 23.3. The molecule has 0 fully saturated rings. The Morgan fingerprint density at radius 3 is 2.62 bits per heavy atom. The minimum Gasteiger partial charge on any atom is -0.487 e. The highest BCUT2D eigenvalue weighted by Crippen LogP contribution is 2.18. The van der Waals surface area contributed by atoms with E-state index in [1.165, 1.54) is 11.9 Å². The van der Waals surface area contributed by atoms with E-state index in [0.717, 1.165) is 16.9 Å². The SMILES string of the molecule is Cc1ccc2nc(COc3ccc(C(=O)NC(Cn4cncn4)c4ccccc4)cc3)cn2c1. The van der Waals surface area contributed by atoms with Gasteiger partial charge in [-0.15, -0.1) is 0 Å². The Hall–Kier alpha value is -4.46. The highest BCUT2D eigenvalue weighted by molar-refractivity contribution is 5.94. The summed E-state index contributed by atoms with van der Waals surface area (Å²) in [7, 11) is 0. The number of imidazole rings is 1. The molecule has 3 heterocycles. The molecule has 170 valence electrons. The number of pyridine rings is 1. The minimum atomic E-state index is -0.245. The number of hydrogen-bond donors (Lipinski definition) is 1. The van der Waals surface area contributed by atoms with E-state index >= 15 is 0 Å². The fraction of sp³-hybridized carbons (Fsp3) is 0.154. The van der Waals surface area contributed by atoms with Crippen molar-refractivity contribution < 1.29 is 9.53 Å². The summed E-state index contributed by atoms with van der Waals surface area (Å²) in [5, 5.41) is 7.27. The topological polar surface area (TPSA) is 86.3 Å². The standard InChI is InChI=1S/C26H24N6O2/c1-19-7-12-25-29-22(14-31(25)13-19)16-34-23-10-8-21(9-11-23)26(33)30-24(15-32-18-27-17-28-32)20-5-3-2-4-6-20/h2-14,17-18,24H,15-16H2,1H3,(H,30,33). The summed E-state index contributed by atoms with van der Waals surface area (Å²) in [5.41, 5.74) is 4.44. The van der Waals surface area contributed by atoms with Gasteiger partial charge >= 0.3 is 0 Å². The molecule has 0 bridgehead atoms. The number of carbonyl (C=O) groups is 1. The summed E-state index contributed by atoms with van der Waals surface area (Å²) in [6, 6.07) is 20.7. The molecule has 1 N–H and O–H groups in total. The third-order valence-corrected chi connectivity index (χ3v) is 5.50. The molecular weight excluding hydrogens is 428 g/mol. The lowest BCUT2D eigenvalue weighted by molar-refractivity contribution is 0.0931. The zero-order valence-corrected chi connectivity index (χ0v) is 18.7. The summed E-state index contributed by atoms with van der Waals surface area (Å²) < 4.78 is 9.57. The van der Waals surface area contributed by atoms with Crippen molar-refractivity contribution in [3.8, 4) is 5.75 Å². The van der Waals surface area contributed by atoms with E-state index in [9.17, 15) is 4.79 Å². The van der Waals surface area contributed by atoms with Crippen LogP contribution in [0.25, 0.3) is 5.65 Å². The Labute approximate surface area is 196 Å². The highest BCUT2D eigenvalue weighted by Gasteiger charge is 2.17. The molecule has 0 aliphatic rings. The Balaban J connectivity index is 1.24. The molecule has 1 amide bonds. The van der Waals surface area contributed by atoms with Gasteiger partial charge in [0.15, 0.2) is 0 Å². The molecule has 0 radical (unpaired) electrons. The molecule has 2 aromatic carbocycles. The number of hydrogen-bond acceptors (Lipinski definition) is 5. The van der Waals surface area contributed by atoms with Gasteiger partial charge in [0, 0.05) is 18.0 Å². The van der Waals surface area contributed by atoms with Gasteiger partial charge in [-0.3, -0.25) is 9.48 Å². The molecule has 5 rings (SSSR count). The van der Waals surface area contributed by atoms with Crippen LogP contribution in [0.15, 0.2) is 91.8 Å². The Morgan fingerprint density at radius 2 is 1.85 bits per heavy atom. The van der Waals surface area contributed by atoms with E-state index in [1.54, 1.807) is 35.3 Å². The summed E-state index contributed by atoms with van der Waals surface area (Å²) in [4.78, 5) is 21.5. The molecule has 0 spiro atoms. The smallest absolute Gasteiger partial charge is 0.251 e. The molecule has 3 aromatic heterocycles. The van der Waals surface area contributed by atoms with E-state index in [4.69, 9.17) is 4.74 Å². The van der Waals surface area contributed by atoms with Gasteiger partial charge in [0.05, 0.1) is 18.3 Å². The fourth-order valence-electron chi connectivity index (χ4n) is 3.76. The molecule has 1 unspecified atom stereocenters. The van der Waals surface area contributed by atoms with Crippen LogP contribution in [0.1, 0.15) is 33.2 Å². The first-order valence-electron chi connectivity index (χ1n) is 11.0. The van der Waals surface area contributed by atoms with Gasteiger partial charge < -0.3 is 14.5 Å². The van der Waals surface area contributed by atoms with Crippen LogP contribution in [-0.4, -0.2) is 30.1 Å². The number of carbonyl (C=O) groups excluding carboxylic acids is 1. The molecular formula is C26H24N6O2. The van der Waals surface area contributed by atoms with Crippen LogP contribution in [-0.2, 0) is 13.2 Å². The second-order valence-corrected chi connectivity index (χ2v) is 8.07. The van der Waals surface area contributed by atoms with Gasteiger partial charge in [0.25, 0.3) is 5.91 Å². The lowest BCUT2D eigenvalue weighted by atomic mass is 10.1. The van der Waals surface area contributed by atoms with E-state index in [0.29, 0.717) is 24.5 Å². The van der Waals surface area contributed by atoms with Gasteiger partial charge in [0.1, 0.15) is 30.7 Å². The molecule has 5 aromatic rings. The minimum absolute atomic E-state index is 0.170. The van der Waals surface area contributed by atoms with Crippen LogP contribution in [0.4, 0.5) is 0 Å². The molecule has 0 aliphatic heterocycles. The van der Waals surface area contributed by atoms with Crippen molar-refractivity contribution in [1.29, 1.82) is 0 Å². The predicted molar refractivity (Wildman–Crippen MR) is 127 cm³/mol.